The molecule has 0 aromatic carbocycles. The van der Waals surface area contributed by atoms with Crippen molar-refractivity contribution in [2.24, 2.45) is 5.92 Å². The van der Waals surface area contributed by atoms with Crippen LogP contribution < -0.4 is 4.90 Å². The lowest BCUT2D eigenvalue weighted by Gasteiger charge is -2.42. The first-order chi connectivity index (χ1) is 12.1. The van der Waals surface area contributed by atoms with Crippen LogP contribution in [-0.2, 0) is 4.74 Å². The molecular formula is C18H29N5O2. The highest BCUT2D eigenvalue weighted by Crippen LogP contribution is 2.27. The molecule has 0 aliphatic carbocycles. The number of piperazine rings is 1. The van der Waals surface area contributed by atoms with Crippen LogP contribution in [0.3, 0.4) is 0 Å². The van der Waals surface area contributed by atoms with E-state index in [4.69, 9.17) is 4.74 Å². The summed E-state index contributed by atoms with van der Waals surface area (Å²) in [6, 6.07) is 2.36. The van der Waals surface area contributed by atoms with E-state index in [-0.39, 0.29) is 0 Å². The molecule has 7 heteroatoms. The number of carbonyl (C=O) groups excluding carboxylic acids is 1. The summed E-state index contributed by atoms with van der Waals surface area (Å²) >= 11 is 0. The summed E-state index contributed by atoms with van der Waals surface area (Å²) < 4.78 is 4.75. The Hall–Kier alpha value is -1.73. The zero-order valence-electron chi connectivity index (χ0n) is 15.5. The van der Waals surface area contributed by atoms with Gasteiger partial charge in [-0.15, -0.1) is 0 Å². The Labute approximate surface area is 150 Å². The van der Waals surface area contributed by atoms with Crippen molar-refractivity contribution < 1.29 is 9.53 Å². The van der Waals surface area contributed by atoms with Gasteiger partial charge in [0.25, 0.3) is 0 Å². The Bertz CT molecular complexity index is 581. The van der Waals surface area contributed by atoms with Crippen molar-refractivity contribution in [3.8, 4) is 0 Å². The van der Waals surface area contributed by atoms with Gasteiger partial charge < -0.3 is 14.5 Å². The van der Waals surface area contributed by atoms with Gasteiger partial charge in [0.2, 0.25) is 0 Å². The smallest absolute Gasteiger partial charge is 0.356 e. The highest BCUT2D eigenvalue weighted by molar-refractivity contribution is 5.87. The minimum Gasteiger partial charge on any atom is -0.464 e. The topological polar surface area (TPSA) is 61.8 Å². The van der Waals surface area contributed by atoms with E-state index in [9.17, 15) is 4.79 Å². The lowest BCUT2D eigenvalue weighted by Crippen LogP contribution is -2.51. The molecule has 2 aliphatic heterocycles. The van der Waals surface area contributed by atoms with Gasteiger partial charge in [0.15, 0.2) is 5.69 Å². The summed E-state index contributed by atoms with van der Waals surface area (Å²) in [7, 11) is 3.57. The number of nitrogens with zero attached hydrogens (tertiary/aromatic N) is 5. The molecule has 1 aromatic heterocycles. The van der Waals surface area contributed by atoms with Crippen LogP contribution in [-0.4, -0.2) is 85.2 Å². The number of ether oxygens (including phenoxy) is 1. The molecule has 0 N–H and O–H groups in total. The summed E-state index contributed by atoms with van der Waals surface area (Å²) in [5, 5.41) is 0. The third-order valence-corrected chi connectivity index (χ3v) is 5.71. The van der Waals surface area contributed by atoms with Gasteiger partial charge in [-0.05, 0) is 32.7 Å². The van der Waals surface area contributed by atoms with Crippen LogP contribution in [0, 0.1) is 5.92 Å². The molecule has 3 heterocycles. The first kappa shape index (κ1) is 18.1. The van der Waals surface area contributed by atoms with E-state index in [1.165, 1.54) is 39.6 Å². The van der Waals surface area contributed by atoms with Gasteiger partial charge in [-0.2, -0.15) is 0 Å². The number of rotatable bonds is 4. The molecule has 0 radical (unpaired) electrons. The van der Waals surface area contributed by atoms with Gasteiger partial charge in [-0.1, -0.05) is 0 Å². The molecule has 138 valence electrons. The molecule has 3 rings (SSSR count). The fraction of sp³-hybridized carbons (Fsp3) is 0.722. The quantitative estimate of drug-likeness (QED) is 0.756. The lowest BCUT2D eigenvalue weighted by atomic mass is 9.89. The second-order valence-corrected chi connectivity index (χ2v) is 7.16. The average Bonchev–Trinajstić information content (AvgIpc) is 2.67. The summed E-state index contributed by atoms with van der Waals surface area (Å²) in [5.74, 6) is 1.13. The fourth-order valence-electron chi connectivity index (χ4n) is 3.87. The number of hydrogen-bond donors (Lipinski definition) is 0. The number of esters is 1. The monoisotopic (exact) mass is 347 g/mol. The van der Waals surface area contributed by atoms with E-state index in [1.807, 2.05) is 0 Å². The van der Waals surface area contributed by atoms with Crippen LogP contribution in [0.15, 0.2) is 12.4 Å². The van der Waals surface area contributed by atoms with Crippen LogP contribution in [0.5, 0.6) is 0 Å². The SMILES string of the molecule is COC(=O)c1cc(N2CCC([C@@H](C)N3CCN(C)CC3)CC2)ncn1. The van der Waals surface area contributed by atoms with Crippen molar-refractivity contribution >= 4 is 11.8 Å². The van der Waals surface area contributed by atoms with Crippen molar-refractivity contribution in [1.82, 2.24) is 19.8 Å². The Balaban J connectivity index is 1.56. The van der Waals surface area contributed by atoms with E-state index < -0.39 is 5.97 Å². The number of carbonyl (C=O) groups is 1. The fourth-order valence-corrected chi connectivity index (χ4v) is 3.87. The standard InChI is InChI=1S/C18H29N5O2/c1-14(22-10-8-21(2)9-11-22)15-4-6-23(7-5-15)17-12-16(18(24)25-3)19-13-20-17/h12-15H,4-11H2,1-3H3/t14-/m1/s1. The van der Waals surface area contributed by atoms with Gasteiger partial charge in [0.1, 0.15) is 12.1 Å². The van der Waals surface area contributed by atoms with Crippen LogP contribution in [0.4, 0.5) is 5.82 Å². The molecule has 2 saturated heterocycles. The molecule has 0 spiro atoms. The summed E-state index contributed by atoms with van der Waals surface area (Å²) in [4.78, 5) is 27.3. The van der Waals surface area contributed by atoms with Gasteiger partial charge in [-0.25, -0.2) is 14.8 Å². The number of methoxy groups -OCH3 is 1. The average molecular weight is 347 g/mol. The van der Waals surface area contributed by atoms with Crippen molar-refractivity contribution in [1.29, 1.82) is 0 Å². The number of hydrogen-bond acceptors (Lipinski definition) is 7. The minimum absolute atomic E-state index is 0.320. The highest BCUT2D eigenvalue weighted by Gasteiger charge is 2.29. The zero-order valence-corrected chi connectivity index (χ0v) is 15.5. The maximum Gasteiger partial charge on any atom is 0.356 e. The molecule has 2 aliphatic rings. The molecule has 0 bridgehead atoms. The van der Waals surface area contributed by atoms with Gasteiger partial charge >= 0.3 is 5.97 Å². The predicted molar refractivity (Wildman–Crippen MR) is 96.8 cm³/mol. The highest BCUT2D eigenvalue weighted by atomic mass is 16.5. The largest absolute Gasteiger partial charge is 0.464 e. The number of piperidine rings is 1. The predicted octanol–water partition coefficient (Wildman–Crippen LogP) is 1.12. The molecular weight excluding hydrogens is 318 g/mol. The van der Waals surface area contributed by atoms with E-state index in [1.54, 1.807) is 6.07 Å². The number of aromatic nitrogens is 2. The van der Waals surface area contributed by atoms with Crippen molar-refractivity contribution in [3.05, 3.63) is 18.1 Å². The maximum atomic E-state index is 11.6. The molecule has 1 aromatic rings. The minimum atomic E-state index is -0.415. The first-order valence-corrected chi connectivity index (χ1v) is 9.16. The molecule has 1 atom stereocenters. The molecule has 0 unspecified atom stereocenters. The molecule has 7 nitrogen and oxygen atoms in total. The van der Waals surface area contributed by atoms with E-state index in [0.717, 1.165) is 37.7 Å². The van der Waals surface area contributed by atoms with Crippen molar-refractivity contribution in [2.75, 3.05) is 58.3 Å². The van der Waals surface area contributed by atoms with Gasteiger partial charge in [0.05, 0.1) is 7.11 Å². The number of likely N-dealkylation sites (N-methyl/N-ethyl adjacent to an activating group) is 1. The molecule has 0 saturated carbocycles. The van der Waals surface area contributed by atoms with E-state index in [2.05, 4.69) is 38.6 Å². The van der Waals surface area contributed by atoms with Crippen molar-refractivity contribution in [2.45, 2.75) is 25.8 Å². The number of anilines is 1. The van der Waals surface area contributed by atoms with Crippen molar-refractivity contribution in [3.63, 3.8) is 0 Å². The third-order valence-electron chi connectivity index (χ3n) is 5.71. The Morgan fingerprint density at radius 1 is 1.16 bits per heavy atom. The zero-order chi connectivity index (χ0) is 17.8. The second-order valence-electron chi connectivity index (χ2n) is 7.16. The summed E-state index contributed by atoms with van der Waals surface area (Å²) in [6.07, 6.45) is 3.76. The Morgan fingerprint density at radius 2 is 1.84 bits per heavy atom. The first-order valence-electron chi connectivity index (χ1n) is 9.16. The Kier molecular flexibility index (Phi) is 5.86. The van der Waals surface area contributed by atoms with Crippen LogP contribution in [0.2, 0.25) is 0 Å². The second kappa shape index (κ2) is 8.10. The lowest BCUT2D eigenvalue weighted by molar-refractivity contribution is 0.0594. The summed E-state index contributed by atoms with van der Waals surface area (Å²) in [6.45, 7) is 9.01. The van der Waals surface area contributed by atoms with E-state index in [0.29, 0.717) is 11.7 Å². The van der Waals surface area contributed by atoms with E-state index >= 15 is 0 Å². The van der Waals surface area contributed by atoms with Crippen LogP contribution >= 0.6 is 0 Å². The maximum absolute atomic E-state index is 11.6. The summed E-state index contributed by atoms with van der Waals surface area (Å²) in [5.41, 5.74) is 0.320. The molecule has 0 amide bonds. The van der Waals surface area contributed by atoms with Gasteiger partial charge in [0, 0.05) is 51.4 Å². The third kappa shape index (κ3) is 4.27. The van der Waals surface area contributed by atoms with Gasteiger partial charge in [-0.3, -0.25) is 4.90 Å². The Morgan fingerprint density at radius 3 is 2.48 bits per heavy atom. The van der Waals surface area contributed by atoms with Crippen LogP contribution in [0.1, 0.15) is 30.3 Å². The molecule has 2 fully saturated rings. The molecule has 25 heavy (non-hydrogen) atoms. The van der Waals surface area contributed by atoms with Crippen LogP contribution in [0.25, 0.3) is 0 Å². The normalized spacial score (nSPS) is 22.0.